The second kappa shape index (κ2) is 6.01. The minimum atomic E-state index is 0.205. The van der Waals surface area contributed by atoms with Crippen LogP contribution in [0.25, 0.3) is 10.9 Å². The van der Waals surface area contributed by atoms with Gasteiger partial charge in [-0.15, -0.1) is 0 Å². The molecule has 0 spiro atoms. The van der Waals surface area contributed by atoms with Crippen LogP contribution in [0.2, 0.25) is 0 Å². The number of fused-ring (bicyclic) bond motifs is 4. The number of likely N-dealkylation sites (tertiary alicyclic amines) is 1. The average Bonchev–Trinajstić information content (AvgIpc) is 3.04. The molecule has 2 unspecified atom stereocenters. The smallest absolute Gasteiger partial charge is 0.256 e. The highest BCUT2D eigenvalue weighted by Crippen LogP contribution is 2.41. The van der Waals surface area contributed by atoms with Crippen LogP contribution in [-0.2, 0) is 13.5 Å². The number of para-hydroxylation sites is 1. The maximum Gasteiger partial charge on any atom is 0.256 e. The van der Waals surface area contributed by atoms with E-state index in [1.54, 1.807) is 0 Å². The highest BCUT2D eigenvalue weighted by Gasteiger charge is 2.39. The van der Waals surface area contributed by atoms with Crippen LogP contribution in [0.5, 0.6) is 0 Å². The van der Waals surface area contributed by atoms with Gasteiger partial charge in [0.2, 0.25) is 0 Å². The normalized spacial score (nSPS) is 22.1. The number of hydrogen-bond donors (Lipinski definition) is 0. The van der Waals surface area contributed by atoms with E-state index >= 15 is 0 Å². The summed E-state index contributed by atoms with van der Waals surface area (Å²) in [6.45, 7) is 0.880. The predicted octanol–water partition coefficient (Wildman–Crippen LogP) is 4.51. The van der Waals surface area contributed by atoms with Crippen LogP contribution in [0.4, 0.5) is 0 Å². The van der Waals surface area contributed by atoms with E-state index in [-0.39, 0.29) is 5.91 Å². The maximum absolute atomic E-state index is 13.5. The Morgan fingerprint density at radius 2 is 1.85 bits per heavy atom. The molecule has 3 heteroatoms. The van der Waals surface area contributed by atoms with E-state index in [1.807, 2.05) is 25.4 Å². The van der Waals surface area contributed by atoms with Crippen molar-refractivity contribution in [3.63, 3.8) is 0 Å². The molecule has 1 fully saturated rings. The summed E-state index contributed by atoms with van der Waals surface area (Å²) in [6, 6.07) is 17.4. The van der Waals surface area contributed by atoms with Gasteiger partial charge in [0.05, 0.1) is 5.56 Å². The van der Waals surface area contributed by atoms with Gasteiger partial charge < -0.3 is 9.47 Å². The monoisotopic (exact) mass is 344 g/mol. The van der Waals surface area contributed by atoms with Gasteiger partial charge in [0.25, 0.3) is 5.91 Å². The van der Waals surface area contributed by atoms with Gasteiger partial charge in [-0.05, 0) is 42.9 Å². The second-order valence-corrected chi connectivity index (χ2v) is 7.72. The Bertz CT molecular complexity index is 987. The molecule has 2 heterocycles. The molecule has 1 amide bonds. The molecule has 26 heavy (non-hydrogen) atoms. The van der Waals surface area contributed by atoms with Gasteiger partial charge >= 0.3 is 0 Å². The largest absolute Gasteiger partial charge is 0.350 e. The van der Waals surface area contributed by atoms with Crippen molar-refractivity contribution in [2.24, 2.45) is 7.05 Å². The maximum atomic E-state index is 13.5. The number of amides is 1. The first-order valence-corrected chi connectivity index (χ1v) is 9.67. The van der Waals surface area contributed by atoms with Gasteiger partial charge in [0.1, 0.15) is 0 Å². The molecule has 2 aliphatic rings. The van der Waals surface area contributed by atoms with Crippen LogP contribution in [0.15, 0.2) is 54.7 Å². The summed E-state index contributed by atoms with van der Waals surface area (Å²) in [6.07, 6.45) is 6.45. The molecule has 1 aliphatic heterocycles. The van der Waals surface area contributed by atoms with E-state index in [0.29, 0.717) is 12.0 Å². The van der Waals surface area contributed by atoms with E-state index in [9.17, 15) is 4.79 Å². The van der Waals surface area contributed by atoms with Crippen LogP contribution in [0.3, 0.4) is 0 Å². The van der Waals surface area contributed by atoms with Crippen LogP contribution in [-0.4, -0.2) is 28.0 Å². The summed E-state index contributed by atoms with van der Waals surface area (Å²) in [5.41, 5.74) is 4.92. The Kier molecular flexibility index (Phi) is 3.63. The number of aromatic nitrogens is 1. The molecule has 1 saturated heterocycles. The lowest BCUT2D eigenvalue weighted by molar-refractivity contribution is 0.0548. The third kappa shape index (κ3) is 2.30. The molecular formula is C23H24N2O. The van der Waals surface area contributed by atoms with Gasteiger partial charge in [-0.25, -0.2) is 0 Å². The van der Waals surface area contributed by atoms with Crippen molar-refractivity contribution in [3.8, 4) is 0 Å². The van der Waals surface area contributed by atoms with E-state index < -0.39 is 0 Å². The molecule has 1 aromatic heterocycles. The Balaban J connectivity index is 1.53. The SMILES string of the molecule is Cn1cc(C(=O)N2CCCC3c4ccccc4CCC32)c2ccccc21. The number of carbonyl (C=O) groups excluding carboxylic acids is 1. The van der Waals surface area contributed by atoms with E-state index in [2.05, 4.69) is 45.9 Å². The third-order valence-electron chi connectivity index (χ3n) is 6.33. The summed E-state index contributed by atoms with van der Waals surface area (Å²) in [5, 5.41) is 1.07. The van der Waals surface area contributed by atoms with Crippen LogP contribution in [0, 0.1) is 0 Å². The van der Waals surface area contributed by atoms with Crippen LogP contribution in [0.1, 0.15) is 46.7 Å². The van der Waals surface area contributed by atoms with Crippen molar-refractivity contribution in [1.29, 1.82) is 0 Å². The molecular weight excluding hydrogens is 320 g/mol. The van der Waals surface area contributed by atoms with E-state index in [0.717, 1.165) is 42.3 Å². The van der Waals surface area contributed by atoms with Gasteiger partial charge in [0.15, 0.2) is 0 Å². The Morgan fingerprint density at radius 1 is 1.04 bits per heavy atom. The zero-order valence-corrected chi connectivity index (χ0v) is 15.2. The summed E-state index contributed by atoms with van der Waals surface area (Å²) in [4.78, 5) is 15.7. The standard InChI is InChI=1S/C23H24N2O/c1-24-15-20(19-9-4-5-11-21(19)24)23(26)25-14-6-10-18-17-8-3-2-7-16(17)12-13-22(18)25/h2-5,7-9,11,15,18,22H,6,10,12-14H2,1H3. The fourth-order valence-electron chi connectivity index (χ4n) is 5.12. The number of aryl methyl sites for hydroxylation is 2. The molecule has 3 nitrogen and oxygen atoms in total. The van der Waals surface area contributed by atoms with Gasteiger partial charge in [-0.1, -0.05) is 42.5 Å². The number of hydrogen-bond acceptors (Lipinski definition) is 1. The lowest BCUT2D eigenvalue weighted by atomic mass is 9.74. The molecule has 5 rings (SSSR count). The van der Waals surface area contributed by atoms with Crippen molar-refractivity contribution in [2.45, 2.75) is 37.6 Å². The molecule has 0 radical (unpaired) electrons. The van der Waals surface area contributed by atoms with Gasteiger partial charge in [-0.2, -0.15) is 0 Å². The number of rotatable bonds is 1. The highest BCUT2D eigenvalue weighted by atomic mass is 16.2. The van der Waals surface area contributed by atoms with Crippen molar-refractivity contribution >= 4 is 16.8 Å². The Hall–Kier alpha value is -2.55. The molecule has 0 N–H and O–H groups in total. The average molecular weight is 344 g/mol. The van der Waals surface area contributed by atoms with Crippen LogP contribution < -0.4 is 0 Å². The zero-order valence-electron chi connectivity index (χ0n) is 15.2. The zero-order chi connectivity index (χ0) is 17.7. The quantitative estimate of drug-likeness (QED) is 0.637. The Labute approximate surface area is 154 Å². The first-order valence-electron chi connectivity index (χ1n) is 9.67. The topological polar surface area (TPSA) is 25.2 Å². The van der Waals surface area contributed by atoms with Crippen molar-refractivity contribution in [1.82, 2.24) is 9.47 Å². The predicted molar refractivity (Wildman–Crippen MR) is 104 cm³/mol. The Morgan fingerprint density at radius 3 is 2.77 bits per heavy atom. The minimum absolute atomic E-state index is 0.205. The molecule has 132 valence electrons. The molecule has 0 saturated carbocycles. The van der Waals surface area contributed by atoms with Gasteiger partial charge in [-0.3, -0.25) is 4.79 Å². The first kappa shape index (κ1) is 15.7. The number of nitrogens with zero attached hydrogens (tertiary/aromatic N) is 2. The van der Waals surface area contributed by atoms with E-state index in [4.69, 9.17) is 0 Å². The number of carbonyl (C=O) groups is 1. The van der Waals surface area contributed by atoms with Crippen LogP contribution >= 0.6 is 0 Å². The van der Waals surface area contributed by atoms with Crippen molar-refractivity contribution < 1.29 is 4.79 Å². The summed E-state index contributed by atoms with van der Waals surface area (Å²) in [5.74, 6) is 0.698. The molecule has 0 bridgehead atoms. The van der Waals surface area contributed by atoms with E-state index in [1.165, 1.54) is 17.5 Å². The second-order valence-electron chi connectivity index (χ2n) is 7.72. The molecule has 3 aromatic rings. The van der Waals surface area contributed by atoms with Crippen molar-refractivity contribution in [2.75, 3.05) is 6.54 Å². The molecule has 2 atom stereocenters. The summed E-state index contributed by atoms with van der Waals surface area (Å²) < 4.78 is 2.07. The van der Waals surface area contributed by atoms with Crippen molar-refractivity contribution in [3.05, 3.63) is 71.4 Å². The summed E-state index contributed by atoms with van der Waals surface area (Å²) in [7, 11) is 2.02. The number of piperidine rings is 1. The van der Waals surface area contributed by atoms with Gasteiger partial charge in [0, 0.05) is 42.7 Å². The third-order valence-corrected chi connectivity index (χ3v) is 6.33. The first-order chi connectivity index (χ1) is 12.7. The molecule has 1 aliphatic carbocycles. The minimum Gasteiger partial charge on any atom is -0.350 e. The number of benzene rings is 2. The highest BCUT2D eigenvalue weighted by molar-refractivity contribution is 6.07. The fraction of sp³-hybridized carbons (Fsp3) is 0.348. The fourth-order valence-corrected chi connectivity index (χ4v) is 5.12. The molecule has 2 aromatic carbocycles. The lowest BCUT2D eigenvalue weighted by Crippen LogP contribution is -2.49. The summed E-state index contributed by atoms with van der Waals surface area (Å²) >= 11 is 0. The lowest BCUT2D eigenvalue weighted by Gasteiger charge is -2.45.